The third-order valence-electron chi connectivity index (χ3n) is 8.36. The minimum absolute atomic E-state index is 0.0909. The maximum absolute atomic E-state index is 13.7. The molecule has 1 aliphatic carbocycles. The molecular formula is C28H32N2O4. The molecule has 3 aromatic rings. The van der Waals surface area contributed by atoms with Crippen molar-refractivity contribution in [2.75, 3.05) is 26.8 Å². The molecular weight excluding hydrogens is 428 g/mol. The van der Waals surface area contributed by atoms with Gasteiger partial charge >= 0.3 is 5.97 Å². The molecule has 0 spiro atoms. The summed E-state index contributed by atoms with van der Waals surface area (Å²) in [5, 5.41) is 11.2. The number of phenolic OH excluding ortho intramolecular Hbond substituents is 1. The zero-order chi connectivity index (χ0) is 23.3. The zero-order valence-electron chi connectivity index (χ0n) is 19.6. The van der Waals surface area contributed by atoms with Crippen LogP contribution in [0.15, 0.2) is 48.5 Å². The predicted molar refractivity (Wildman–Crippen MR) is 130 cm³/mol. The number of aromatic amines is 1. The molecule has 7 rings (SSSR count). The van der Waals surface area contributed by atoms with Gasteiger partial charge in [-0.2, -0.15) is 0 Å². The second-order valence-electron chi connectivity index (χ2n) is 10.3. The summed E-state index contributed by atoms with van der Waals surface area (Å²) in [6.07, 6.45) is 3.73. The number of nitrogens with one attached hydrogen (secondary N) is 1. The normalized spacial score (nSPS) is 29.6. The first-order valence-electron chi connectivity index (χ1n) is 12.4. The molecule has 3 aliphatic heterocycles. The van der Waals surface area contributed by atoms with Crippen LogP contribution in [0.5, 0.6) is 5.75 Å². The van der Waals surface area contributed by atoms with Crippen LogP contribution in [0.2, 0.25) is 0 Å². The molecule has 4 aliphatic rings. The van der Waals surface area contributed by atoms with Crippen LogP contribution in [-0.2, 0) is 32.7 Å². The fourth-order valence-electron chi connectivity index (χ4n) is 7.19. The number of hydrogen-bond acceptors (Lipinski definition) is 5. The highest BCUT2D eigenvalue weighted by molar-refractivity contribution is 5.92. The lowest BCUT2D eigenvalue weighted by Crippen LogP contribution is -2.67. The van der Waals surface area contributed by atoms with Crippen molar-refractivity contribution in [3.63, 3.8) is 0 Å². The van der Waals surface area contributed by atoms with Crippen molar-refractivity contribution >= 4 is 16.9 Å². The number of esters is 1. The van der Waals surface area contributed by atoms with Gasteiger partial charge < -0.3 is 19.6 Å². The Hall–Kier alpha value is -2.83. The van der Waals surface area contributed by atoms with Crippen LogP contribution in [0.4, 0.5) is 0 Å². The molecule has 3 fully saturated rings. The summed E-state index contributed by atoms with van der Waals surface area (Å²) in [5.41, 5.74) is 3.61. The van der Waals surface area contributed by atoms with Gasteiger partial charge in [-0.3, -0.25) is 9.69 Å². The van der Waals surface area contributed by atoms with Gasteiger partial charge in [0.1, 0.15) is 11.2 Å². The van der Waals surface area contributed by atoms with Crippen LogP contribution in [0.3, 0.4) is 0 Å². The first-order chi connectivity index (χ1) is 16.6. The third-order valence-corrected chi connectivity index (χ3v) is 8.36. The highest BCUT2D eigenvalue weighted by Gasteiger charge is 2.62. The van der Waals surface area contributed by atoms with Crippen LogP contribution in [0.1, 0.15) is 36.1 Å². The van der Waals surface area contributed by atoms with Gasteiger partial charge in [-0.05, 0) is 66.8 Å². The lowest BCUT2D eigenvalue weighted by atomic mass is 9.56. The third kappa shape index (κ3) is 3.35. The molecule has 6 nitrogen and oxygen atoms in total. The minimum atomic E-state index is -0.708. The van der Waals surface area contributed by atoms with E-state index in [-0.39, 0.29) is 17.8 Å². The van der Waals surface area contributed by atoms with Crippen LogP contribution in [0, 0.1) is 11.8 Å². The van der Waals surface area contributed by atoms with Gasteiger partial charge in [0.15, 0.2) is 0 Å². The maximum atomic E-state index is 13.7. The molecule has 6 heteroatoms. The Labute approximate surface area is 199 Å². The first kappa shape index (κ1) is 21.7. The monoisotopic (exact) mass is 460 g/mol. The van der Waals surface area contributed by atoms with Crippen molar-refractivity contribution < 1.29 is 19.4 Å². The van der Waals surface area contributed by atoms with Gasteiger partial charge in [0, 0.05) is 42.3 Å². The average Bonchev–Trinajstić information content (AvgIpc) is 3.18. The van der Waals surface area contributed by atoms with E-state index in [4.69, 9.17) is 9.47 Å². The number of phenols is 1. The molecule has 1 aromatic heterocycles. The number of ether oxygens (including phenoxy) is 2. The summed E-state index contributed by atoms with van der Waals surface area (Å²) in [7, 11) is 1.51. The topological polar surface area (TPSA) is 74.8 Å². The van der Waals surface area contributed by atoms with E-state index in [1.165, 1.54) is 12.7 Å². The number of carbonyl (C=O) groups is 1. The minimum Gasteiger partial charge on any atom is -0.508 e. The van der Waals surface area contributed by atoms with Crippen molar-refractivity contribution in [3.8, 4) is 5.75 Å². The largest absolute Gasteiger partial charge is 0.508 e. The lowest BCUT2D eigenvalue weighted by Gasteiger charge is -2.58. The van der Waals surface area contributed by atoms with Gasteiger partial charge in [0.2, 0.25) is 0 Å². The molecule has 4 bridgehead atoms. The standard InChI is InChI=1S/C28H32N2O4/c1-33-27(32)28-15-19-13-20(10-12-34-17-18-5-3-2-4-6-18)26(28)30(16-19)11-9-22-23-14-21(31)7-8-24(23)29-25(22)28/h2-8,14,19-20,26,29,31H,9-13,15-17H2,1H3. The van der Waals surface area contributed by atoms with E-state index in [0.29, 0.717) is 25.0 Å². The zero-order valence-corrected chi connectivity index (χ0v) is 19.6. The highest BCUT2D eigenvalue weighted by Crippen LogP contribution is 2.55. The summed E-state index contributed by atoms with van der Waals surface area (Å²) in [6.45, 7) is 3.25. The summed E-state index contributed by atoms with van der Waals surface area (Å²) >= 11 is 0. The number of nitrogens with zero attached hydrogens (tertiary/aromatic N) is 1. The van der Waals surface area contributed by atoms with E-state index >= 15 is 0 Å². The predicted octanol–water partition coefficient (Wildman–Crippen LogP) is 4.16. The van der Waals surface area contributed by atoms with E-state index in [0.717, 1.165) is 60.9 Å². The van der Waals surface area contributed by atoms with Gasteiger partial charge in [-0.15, -0.1) is 0 Å². The Balaban J connectivity index is 1.34. The van der Waals surface area contributed by atoms with Crippen molar-refractivity contribution in [2.24, 2.45) is 11.8 Å². The second kappa shape index (κ2) is 8.43. The van der Waals surface area contributed by atoms with Crippen LogP contribution in [0.25, 0.3) is 10.9 Å². The van der Waals surface area contributed by atoms with Crippen LogP contribution in [-0.4, -0.2) is 53.8 Å². The number of methoxy groups -OCH3 is 1. The fraction of sp³-hybridized carbons (Fsp3) is 0.464. The Bertz CT molecular complexity index is 1210. The fourth-order valence-corrected chi connectivity index (χ4v) is 7.19. The molecule has 0 amide bonds. The highest BCUT2D eigenvalue weighted by atomic mass is 16.5. The number of piperidine rings is 2. The number of hydrogen-bond donors (Lipinski definition) is 2. The number of H-pyrrole nitrogens is 1. The smallest absolute Gasteiger partial charge is 0.319 e. The van der Waals surface area contributed by atoms with E-state index in [1.807, 2.05) is 30.3 Å². The molecule has 5 unspecified atom stereocenters. The number of carbonyl (C=O) groups excluding carboxylic acids is 1. The number of aromatic nitrogens is 1. The first-order valence-corrected chi connectivity index (χ1v) is 12.4. The Morgan fingerprint density at radius 3 is 2.91 bits per heavy atom. The Morgan fingerprint density at radius 2 is 2.09 bits per heavy atom. The quantitative estimate of drug-likeness (QED) is 0.427. The number of fused-ring (bicyclic) bond motifs is 4. The molecule has 178 valence electrons. The molecule has 34 heavy (non-hydrogen) atoms. The van der Waals surface area contributed by atoms with E-state index in [1.54, 1.807) is 6.07 Å². The molecule has 4 heterocycles. The van der Waals surface area contributed by atoms with Gasteiger partial charge in [0.05, 0.1) is 13.7 Å². The van der Waals surface area contributed by atoms with E-state index in [9.17, 15) is 9.90 Å². The van der Waals surface area contributed by atoms with Gasteiger partial charge in [-0.1, -0.05) is 30.3 Å². The van der Waals surface area contributed by atoms with Crippen molar-refractivity contribution in [1.29, 1.82) is 0 Å². The SMILES string of the molecule is COC(=O)C12CC3CC(CCOCc4ccccc4)C1N(CCc1c2[nH]c2ccc(O)cc12)C3. The van der Waals surface area contributed by atoms with Gasteiger partial charge in [0.25, 0.3) is 0 Å². The lowest BCUT2D eigenvalue weighted by molar-refractivity contribution is -0.163. The number of rotatable bonds is 6. The molecule has 2 aromatic carbocycles. The van der Waals surface area contributed by atoms with Crippen LogP contribution >= 0.6 is 0 Å². The summed E-state index contributed by atoms with van der Waals surface area (Å²) in [5.74, 6) is 0.937. The molecule has 5 atom stereocenters. The van der Waals surface area contributed by atoms with Crippen molar-refractivity contribution in [2.45, 2.75) is 43.7 Å². The van der Waals surface area contributed by atoms with Crippen molar-refractivity contribution in [3.05, 3.63) is 65.4 Å². The number of aromatic hydroxyl groups is 1. The van der Waals surface area contributed by atoms with Crippen molar-refractivity contribution in [1.82, 2.24) is 9.88 Å². The molecule has 2 N–H and O–H groups in total. The van der Waals surface area contributed by atoms with E-state index < -0.39 is 5.41 Å². The van der Waals surface area contributed by atoms with Crippen LogP contribution < -0.4 is 0 Å². The Morgan fingerprint density at radius 1 is 1.24 bits per heavy atom. The van der Waals surface area contributed by atoms with E-state index in [2.05, 4.69) is 22.0 Å². The maximum Gasteiger partial charge on any atom is 0.319 e. The summed E-state index contributed by atoms with van der Waals surface area (Å²) in [6, 6.07) is 15.8. The summed E-state index contributed by atoms with van der Waals surface area (Å²) < 4.78 is 11.6. The molecule has 0 radical (unpaired) electrons. The number of benzene rings is 2. The second-order valence-corrected chi connectivity index (χ2v) is 10.3. The van der Waals surface area contributed by atoms with Gasteiger partial charge in [-0.25, -0.2) is 0 Å². The Kier molecular flexibility index (Phi) is 5.38. The average molecular weight is 461 g/mol. The molecule has 2 saturated heterocycles. The summed E-state index contributed by atoms with van der Waals surface area (Å²) in [4.78, 5) is 19.8. The molecule has 1 saturated carbocycles.